The number of hydrogen-bond acceptors (Lipinski definition) is 5. The lowest BCUT2D eigenvalue weighted by Gasteiger charge is -2.22. The fourth-order valence-electron chi connectivity index (χ4n) is 2.67. The first-order valence-electron chi connectivity index (χ1n) is 8.81. The zero-order valence-corrected chi connectivity index (χ0v) is 15.5. The second kappa shape index (κ2) is 9.41. The molecule has 0 bridgehead atoms. The van der Waals surface area contributed by atoms with Crippen molar-refractivity contribution in [3.05, 3.63) is 89.9 Å². The molecule has 144 valence electrons. The van der Waals surface area contributed by atoms with E-state index in [9.17, 15) is 9.59 Å². The van der Waals surface area contributed by atoms with E-state index < -0.39 is 5.97 Å². The third-order valence-electron chi connectivity index (χ3n) is 4.13. The highest BCUT2D eigenvalue weighted by atomic mass is 16.5. The Hall–Kier alpha value is -3.54. The number of methoxy groups -OCH3 is 1. The van der Waals surface area contributed by atoms with Crippen LogP contribution < -0.4 is 4.74 Å². The van der Waals surface area contributed by atoms with Crippen LogP contribution in [0.25, 0.3) is 0 Å². The monoisotopic (exact) mass is 379 g/mol. The van der Waals surface area contributed by atoms with Crippen molar-refractivity contribution in [3.8, 4) is 5.75 Å². The van der Waals surface area contributed by atoms with Crippen LogP contribution in [0.3, 0.4) is 0 Å². The summed E-state index contributed by atoms with van der Waals surface area (Å²) in [5, 5.41) is 0. The molecule has 0 aliphatic rings. The largest absolute Gasteiger partial charge is 0.484 e. The lowest BCUT2D eigenvalue weighted by Crippen LogP contribution is -2.34. The summed E-state index contributed by atoms with van der Waals surface area (Å²) >= 11 is 0. The summed E-state index contributed by atoms with van der Waals surface area (Å²) in [6.45, 7) is 0.682. The molecule has 0 aliphatic carbocycles. The number of carbonyl (C=O) groups is 2. The number of carbonyl (C=O) groups excluding carboxylic acids is 2. The average molecular weight is 379 g/mol. The van der Waals surface area contributed by atoms with Crippen LogP contribution in [-0.4, -0.2) is 30.5 Å². The van der Waals surface area contributed by atoms with Gasteiger partial charge in [-0.2, -0.15) is 0 Å². The molecule has 1 aromatic heterocycles. The number of esters is 1. The van der Waals surface area contributed by atoms with Crippen molar-refractivity contribution >= 4 is 11.9 Å². The van der Waals surface area contributed by atoms with Crippen molar-refractivity contribution < 1.29 is 23.5 Å². The Kier molecular flexibility index (Phi) is 6.46. The summed E-state index contributed by atoms with van der Waals surface area (Å²) < 4.78 is 15.6. The number of nitrogens with zero attached hydrogens (tertiary/aromatic N) is 1. The Bertz CT molecular complexity index is 888. The van der Waals surface area contributed by atoms with Gasteiger partial charge in [0, 0.05) is 6.54 Å². The second-order valence-corrected chi connectivity index (χ2v) is 6.12. The van der Waals surface area contributed by atoms with Crippen LogP contribution in [0.1, 0.15) is 21.7 Å². The van der Waals surface area contributed by atoms with Crippen molar-refractivity contribution in [2.45, 2.75) is 13.1 Å². The highest BCUT2D eigenvalue weighted by Crippen LogP contribution is 2.15. The molecule has 0 unspecified atom stereocenters. The predicted octanol–water partition coefficient (Wildman–Crippen LogP) is 3.67. The minimum absolute atomic E-state index is 0.120. The summed E-state index contributed by atoms with van der Waals surface area (Å²) in [6, 6.07) is 19.8. The molecule has 0 spiro atoms. The third kappa shape index (κ3) is 5.23. The van der Waals surface area contributed by atoms with Crippen molar-refractivity contribution in [3.63, 3.8) is 0 Å². The highest BCUT2D eigenvalue weighted by Gasteiger charge is 2.17. The van der Waals surface area contributed by atoms with Crippen molar-refractivity contribution in [2.75, 3.05) is 13.7 Å². The fraction of sp³-hybridized carbons (Fsp3) is 0.182. The van der Waals surface area contributed by atoms with E-state index in [2.05, 4.69) is 4.74 Å². The van der Waals surface area contributed by atoms with Gasteiger partial charge in [0.15, 0.2) is 6.61 Å². The van der Waals surface area contributed by atoms with Crippen LogP contribution in [-0.2, 0) is 22.6 Å². The minimum Gasteiger partial charge on any atom is -0.484 e. The molecule has 6 nitrogen and oxygen atoms in total. The molecular formula is C22H21NO5. The van der Waals surface area contributed by atoms with Gasteiger partial charge in [-0.1, -0.05) is 30.3 Å². The Morgan fingerprint density at radius 2 is 1.68 bits per heavy atom. The van der Waals surface area contributed by atoms with Gasteiger partial charge in [0.2, 0.25) is 0 Å². The molecule has 0 saturated carbocycles. The first-order valence-corrected chi connectivity index (χ1v) is 8.81. The zero-order valence-electron chi connectivity index (χ0n) is 15.5. The fourth-order valence-corrected chi connectivity index (χ4v) is 2.67. The number of rotatable bonds is 8. The topological polar surface area (TPSA) is 69.0 Å². The van der Waals surface area contributed by atoms with Gasteiger partial charge in [-0.25, -0.2) is 4.79 Å². The molecule has 1 amide bonds. The number of furan rings is 1. The second-order valence-electron chi connectivity index (χ2n) is 6.12. The van der Waals surface area contributed by atoms with Gasteiger partial charge in [0.1, 0.15) is 11.5 Å². The Balaban J connectivity index is 1.64. The van der Waals surface area contributed by atoms with E-state index in [1.54, 1.807) is 41.5 Å². The molecule has 1 heterocycles. The number of benzene rings is 2. The summed E-state index contributed by atoms with van der Waals surface area (Å²) in [5.74, 6) is 0.609. The van der Waals surface area contributed by atoms with Crippen molar-refractivity contribution in [2.24, 2.45) is 0 Å². The first-order chi connectivity index (χ1) is 13.7. The van der Waals surface area contributed by atoms with E-state index >= 15 is 0 Å². The van der Waals surface area contributed by atoms with Crippen LogP contribution in [0.4, 0.5) is 0 Å². The summed E-state index contributed by atoms with van der Waals surface area (Å²) in [6.07, 6.45) is 1.58. The van der Waals surface area contributed by atoms with Gasteiger partial charge in [0.25, 0.3) is 5.91 Å². The maximum Gasteiger partial charge on any atom is 0.337 e. The summed E-state index contributed by atoms with van der Waals surface area (Å²) in [5.41, 5.74) is 1.44. The van der Waals surface area contributed by atoms with Gasteiger partial charge < -0.3 is 18.8 Å². The minimum atomic E-state index is -0.421. The normalized spacial score (nSPS) is 10.3. The van der Waals surface area contributed by atoms with E-state index in [0.717, 1.165) is 5.56 Å². The predicted molar refractivity (Wildman–Crippen MR) is 103 cm³/mol. The third-order valence-corrected chi connectivity index (χ3v) is 4.13. The molecule has 0 atom stereocenters. The van der Waals surface area contributed by atoms with Gasteiger partial charge in [-0.05, 0) is 42.0 Å². The summed E-state index contributed by atoms with van der Waals surface area (Å²) in [7, 11) is 1.33. The molecule has 0 N–H and O–H groups in total. The zero-order chi connectivity index (χ0) is 19.8. The quantitative estimate of drug-likeness (QED) is 0.559. The molecular weight excluding hydrogens is 358 g/mol. The van der Waals surface area contributed by atoms with Crippen LogP contribution in [0.15, 0.2) is 77.4 Å². The molecule has 2 aromatic carbocycles. The number of hydrogen-bond donors (Lipinski definition) is 0. The molecule has 3 aromatic rings. The van der Waals surface area contributed by atoms with Crippen LogP contribution >= 0.6 is 0 Å². The Morgan fingerprint density at radius 3 is 2.32 bits per heavy atom. The van der Waals surface area contributed by atoms with Crippen molar-refractivity contribution in [1.82, 2.24) is 4.90 Å². The Labute approximate surface area is 163 Å². The number of amides is 1. The van der Waals surface area contributed by atoms with E-state index in [-0.39, 0.29) is 12.5 Å². The van der Waals surface area contributed by atoms with E-state index in [4.69, 9.17) is 9.15 Å². The maximum atomic E-state index is 12.8. The lowest BCUT2D eigenvalue weighted by atomic mass is 10.2. The molecule has 28 heavy (non-hydrogen) atoms. The molecule has 6 heteroatoms. The average Bonchev–Trinajstić information content (AvgIpc) is 3.25. The number of ether oxygens (including phenoxy) is 2. The van der Waals surface area contributed by atoms with E-state index in [1.165, 1.54) is 7.11 Å². The van der Waals surface area contributed by atoms with Crippen LogP contribution in [0.2, 0.25) is 0 Å². The van der Waals surface area contributed by atoms with Crippen LogP contribution in [0, 0.1) is 0 Å². The van der Waals surface area contributed by atoms with Crippen LogP contribution in [0.5, 0.6) is 5.75 Å². The standard InChI is InChI=1S/C22H21NO5/c1-26-22(25)18-9-11-19(12-10-18)28-16-21(24)23(15-20-8-5-13-27-20)14-17-6-3-2-4-7-17/h2-13H,14-16H2,1H3. The van der Waals surface area contributed by atoms with Crippen molar-refractivity contribution in [1.29, 1.82) is 0 Å². The Morgan fingerprint density at radius 1 is 0.929 bits per heavy atom. The molecule has 3 rings (SSSR count). The van der Waals surface area contributed by atoms with Gasteiger partial charge >= 0.3 is 5.97 Å². The first kappa shape index (κ1) is 19.2. The van der Waals surface area contributed by atoms with E-state index in [1.807, 2.05) is 36.4 Å². The highest BCUT2D eigenvalue weighted by molar-refractivity contribution is 5.89. The molecule has 0 aliphatic heterocycles. The van der Waals surface area contributed by atoms with E-state index in [0.29, 0.717) is 30.2 Å². The molecule has 0 saturated heterocycles. The summed E-state index contributed by atoms with van der Waals surface area (Å²) in [4.78, 5) is 25.9. The maximum absolute atomic E-state index is 12.8. The SMILES string of the molecule is COC(=O)c1ccc(OCC(=O)N(Cc2ccccc2)Cc2ccco2)cc1. The van der Waals surface area contributed by atoms with Gasteiger partial charge in [-0.15, -0.1) is 0 Å². The molecule has 0 radical (unpaired) electrons. The van der Waals surface area contributed by atoms with Gasteiger partial charge in [0.05, 0.1) is 25.5 Å². The lowest BCUT2D eigenvalue weighted by molar-refractivity contribution is -0.134. The van der Waals surface area contributed by atoms with Gasteiger partial charge in [-0.3, -0.25) is 4.79 Å². The smallest absolute Gasteiger partial charge is 0.337 e. The molecule has 0 fully saturated rings.